The highest BCUT2D eigenvalue weighted by molar-refractivity contribution is 6.71. The Labute approximate surface area is 123 Å². The molecule has 0 fully saturated rings. The molecule has 0 saturated carbocycles. The van der Waals surface area contributed by atoms with Crippen molar-refractivity contribution in [3.63, 3.8) is 0 Å². The van der Waals surface area contributed by atoms with E-state index >= 15 is 0 Å². The van der Waals surface area contributed by atoms with E-state index in [0.717, 1.165) is 0 Å². The molecular weight excluding hydrogens is 359 g/mol. The summed E-state index contributed by atoms with van der Waals surface area (Å²) in [5, 5.41) is -6.51. The highest BCUT2D eigenvalue weighted by Crippen LogP contribution is 2.41. The molecule has 19 heavy (non-hydrogen) atoms. The fraction of sp³-hybridized carbons (Fsp3) is 0.222. The third kappa shape index (κ3) is 4.34. The van der Waals surface area contributed by atoms with E-state index in [1.807, 2.05) is 0 Å². The molecule has 0 unspecified atom stereocenters. The molecular formula is C9H2Cl4F5N. The van der Waals surface area contributed by atoms with Gasteiger partial charge in [0.1, 0.15) is 5.69 Å². The summed E-state index contributed by atoms with van der Waals surface area (Å²) in [6, 6.07) is 0.978. The van der Waals surface area contributed by atoms with Gasteiger partial charge in [-0.3, -0.25) is 0 Å². The largest absolute Gasteiger partial charge is 0.416 e. The van der Waals surface area contributed by atoms with Crippen LogP contribution in [0, 0.1) is 0 Å². The van der Waals surface area contributed by atoms with Gasteiger partial charge in [0, 0.05) is 0 Å². The molecule has 0 aliphatic heterocycles. The fourth-order valence-electron chi connectivity index (χ4n) is 0.998. The van der Waals surface area contributed by atoms with Crippen LogP contribution in [0.15, 0.2) is 17.1 Å². The molecule has 0 aliphatic carbocycles. The van der Waals surface area contributed by atoms with Crippen LogP contribution in [0.4, 0.5) is 27.6 Å². The molecule has 0 spiro atoms. The molecule has 0 radical (unpaired) electrons. The Bertz CT molecular complexity index is 497. The third-order valence-electron chi connectivity index (χ3n) is 1.79. The molecule has 1 nitrogen and oxygen atoms in total. The predicted octanol–water partition coefficient (Wildman–Crippen LogP) is 6.11. The zero-order chi connectivity index (χ0) is 15.0. The molecule has 0 heterocycles. The van der Waals surface area contributed by atoms with Crippen LogP contribution in [0.3, 0.4) is 0 Å². The van der Waals surface area contributed by atoms with E-state index in [4.69, 9.17) is 34.8 Å². The average molecular weight is 361 g/mol. The summed E-state index contributed by atoms with van der Waals surface area (Å²) in [4.78, 5) is 3.12. The highest BCUT2D eigenvalue weighted by atomic mass is 35.5. The zero-order valence-electron chi connectivity index (χ0n) is 8.50. The number of rotatable bonds is 2. The molecule has 0 atom stereocenters. The SMILES string of the molecule is FC(F)(Cl)C(Cl)=Nc1c(Cl)cc(C(F)(F)F)cc1Cl. The molecule has 1 aromatic rings. The Kier molecular flexibility index (Phi) is 4.93. The van der Waals surface area contributed by atoms with Crippen molar-refractivity contribution in [3.05, 3.63) is 27.7 Å². The van der Waals surface area contributed by atoms with Crippen molar-refractivity contribution in [2.24, 2.45) is 4.99 Å². The van der Waals surface area contributed by atoms with E-state index in [0.29, 0.717) is 12.1 Å². The lowest BCUT2D eigenvalue weighted by Gasteiger charge is -2.11. The van der Waals surface area contributed by atoms with E-state index in [1.54, 1.807) is 0 Å². The van der Waals surface area contributed by atoms with Gasteiger partial charge in [-0.1, -0.05) is 34.8 Å². The van der Waals surface area contributed by atoms with Gasteiger partial charge in [-0.25, -0.2) is 4.99 Å². The first-order valence-electron chi connectivity index (χ1n) is 4.30. The Morgan fingerprint density at radius 2 is 1.42 bits per heavy atom. The number of halogens is 9. The molecule has 1 aromatic carbocycles. The number of alkyl halides is 6. The zero-order valence-corrected chi connectivity index (χ0v) is 11.5. The van der Waals surface area contributed by atoms with Gasteiger partial charge < -0.3 is 0 Å². The summed E-state index contributed by atoms with van der Waals surface area (Å²) < 4.78 is 62.4. The summed E-state index contributed by atoms with van der Waals surface area (Å²) in [6.07, 6.45) is -4.68. The molecule has 0 amide bonds. The van der Waals surface area contributed by atoms with Crippen molar-refractivity contribution in [3.8, 4) is 0 Å². The van der Waals surface area contributed by atoms with Crippen molar-refractivity contribution in [1.82, 2.24) is 0 Å². The summed E-state index contributed by atoms with van der Waals surface area (Å²) in [5.74, 6) is 0. The first-order valence-corrected chi connectivity index (χ1v) is 5.81. The summed E-state index contributed by atoms with van der Waals surface area (Å²) in [7, 11) is 0. The van der Waals surface area contributed by atoms with Crippen LogP contribution in [0.2, 0.25) is 10.0 Å². The van der Waals surface area contributed by atoms with Crippen LogP contribution in [-0.2, 0) is 6.18 Å². The van der Waals surface area contributed by atoms with Crippen molar-refractivity contribution < 1.29 is 22.0 Å². The molecule has 1 rings (SSSR count). The third-order valence-corrected chi connectivity index (χ3v) is 2.96. The Morgan fingerprint density at radius 1 is 1.00 bits per heavy atom. The van der Waals surface area contributed by atoms with Gasteiger partial charge in [-0.05, 0) is 23.7 Å². The van der Waals surface area contributed by atoms with Gasteiger partial charge in [0.25, 0.3) is 0 Å². The number of hydrogen-bond acceptors (Lipinski definition) is 1. The minimum absolute atomic E-state index is 0.489. The first-order chi connectivity index (χ1) is 8.43. The highest BCUT2D eigenvalue weighted by Gasteiger charge is 2.34. The standard InChI is InChI=1S/C9H2Cl4F5N/c10-4-1-3(9(16,17)18)2-5(11)6(4)19-7(12)8(13,14)15/h1-2H. The van der Waals surface area contributed by atoms with Gasteiger partial charge in [-0.15, -0.1) is 0 Å². The van der Waals surface area contributed by atoms with Gasteiger partial charge in [0.05, 0.1) is 15.6 Å². The smallest absolute Gasteiger partial charge is 0.231 e. The monoisotopic (exact) mass is 359 g/mol. The normalized spacial score (nSPS) is 13.8. The maximum Gasteiger partial charge on any atom is 0.416 e. The maximum atomic E-state index is 12.6. The number of aliphatic imine (C=N–C) groups is 1. The molecule has 10 heteroatoms. The van der Waals surface area contributed by atoms with Crippen molar-refractivity contribution in [1.29, 1.82) is 0 Å². The summed E-state index contributed by atoms with van der Waals surface area (Å²) >= 11 is 20.7. The number of hydrogen-bond donors (Lipinski definition) is 0. The quantitative estimate of drug-likeness (QED) is 0.342. The fourth-order valence-corrected chi connectivity index (χ4v) is 1.70. The predicted molar refractivity (Wildman–Crippen MR) is 65.2 cm³/mol. The molecule has 0 aromatic heterocycles. The molecule has 106 valence electrons. The van der Waals surface area contributed by atoms with Gasteiger partial charge in [-0.2, -0.15) is 22.0 Å². The van der Waals surface area contributed by atoms with Gasteiger partial charge in [0.15, 0.2) is 5.17 Å². The first kappa shape index (κ1) is 16.8. The molecule has 0 aliphatic rings. The minimum atomic E-state index is -4.68. The summed E-state index contributed by atoms with van der Waals surface area (Å²) in [6.45, 7) is 0. The topological polar surface area (TPSA) is 12.4 Å². The Balaban J connectivity index is 3.34. The molecule has 0 N–H and O–H groups in total. The second-order valence-corrected chi connectivity index (χ2v) is 4.83. The van der Waals surface area contributed by atoms with E-state index < -0.39 is 38.0 Å². The maximum absolute atomic E-state index is 12.6. The van der Waals surface area contributed by atoms with Gasteiger partial charge in [0.2, 0.25) is 0 Å². The Morgan fingerprint density at radius 3 is 1.74 bits per heavy atom. The lowest BCUT2D eigenvalue weighted by atomic mass is 10.2. The van der Waals surface area contributed by atoms with Crippen molar-refractivity contribution in [2.75, 3.05) is 0 Å². The van der Waals surface area contributed by atoms with E-state index in [-0.39, 0.29) is 0 Å². The average Bonchev–Trinajstić information content (AvgIpc) is 2.19. The Hall–Kier alpha value is -0.300. The van der Waals surface area contributed by atoms with E-state index in [1.165, 1.54) is 0 Å². The molecule has 0 saturated heterocycles. The number of benzene rings is 1. The summed E-state index contributed by atoms with van der Waals surface area (Å²) in [5.41, 5.74) is -1.67. The number of nitrogens with zero attached hydrogens (tertiary/aromatic N) is 1. The lowest BCUT2D eigenvalue weighted by Crippen LogP contribution is -2.15. The van der Waals surface area contributed by atoms with Crippen molar-refractivity contribution >= 4 is 57.3 Å². The van der Waals surface area contributed by atoms with Crippen LogP contribution in [0.25, 0.3) is 0 Å². The van der Waals surface area contributed by atoms with Crippen LogP contribution < -0.4 is 0 Å². The molecule has 0 bridgehead atoms. The second kappa shape index (κ2) is 5.60. The lowest BCUT2D eigenvalue weighted by molar-refractivity contribution is -0.137. The second-order valence-electron chi connectivity index (χ2n) is 3.19. The van der Waals surface area contributed by atoms with Crippen LogP contribution in [-0.4, -0.2) is 10.6 Å². The minimum Gasteiger partial charge on any atom is -0.231 e. The van der Waals surface area contributed by atoms with E-state index in [2.05, 4.69) is 16.6 Å². The van der Waals surface area contributed by atoms with E-state index in [9.17, 15) is 22.0 Å². The van der Waals surface area contributed by atoms with Crippen LogP contribution >= 0.6 is 46.4 Å². The van der Waals surface area contributed by atoms with Crippen LogP contribution in [0.5, 0.6) is 0 Å². The van der Waals surface area contributed by atoms with Crippen molar-refractivity contribution in [2.45, 2.75) is 11.6 Å². The van der Waals surface area contributed by atoms with Crippen LogP contribution in [0.1, 0.15) is 5.56 Å². The van der Waals surface area contributed by atoms with Gasteiger partial charge >= 0.3 is 11.6 Å².